The number of aryl methyl sites for hydroxylation is 1. The lowest BCUT2D eigenvalue weighted by molar-refractivity contribution is 0.468. The van der Waals surface area contributed by atoms with Gasteiger partial charge in [0.15, 0.2) is 0 Å². The first-order valence-electron chi connectivity index (χ1n) is 4.77. The topological polar surface area (TPSA) is 20.2 Å². The van der Waals surface area contributed by atoms with Crippen molar-refractivity contribution in [3.63, 3.8) is 0 Å². The van der Waals surface area contributed by atoms with Gasteiger partial charge in [-0.2, -0.15) is 0 Å². The lowest BCUT2D eigenvalue weighted by atomic mass is 9.90. The number of rotatable bonds is 0. The van der Waals surface area contributed by atoms with Crippen LogP contribution in [0.3, 0.4) is 0 Å². The minimum atomic E-state index is 0.420. The second-order valence-corrected chi connectivity index (χ2v) is 3.91. The van der Waals surface area contributed by atoms with Crippen LogP contribution in [0, 0.1) is 13.8 Å². The third-order valence-electron chi connectivity index (χ3n) is 2.84. The quantitative estimate of drug-likeness (QED) is 0.660. The summed E-state index contributed by atoms with van der Waals surface area (Å²) < 4.78 is 0. The van der Waals surface area contributed by atoms with Crippen molar-refractivity contribution in [2.24, 2.45) is 0 Å². The van der Waals surface area contributed by atoms with Crippen LogP contribution in [0.4, 0.5) is 0 Å². The normalized spacial score (nSPS) is 14.3. The van der Waals surface area contributed by atoms with Crippen molar-refractivity contribution in [1.29, 1.82) is 0 Å². The van der Waals surface area contributed by atoms with Gasteiger partial charge < -0.3 is 5.11 Å². The van der Waals surface area contributed by atoms with E-state index in [1.54, 1.807) is 0 Å². The van der Waals surface area contributed by atoms with E-state index in [9.17, 15) is 5.11 Å². The highest BCUT2D eigenvalue weighted by molar-refractivity contribution is 5.69. The minimum absolute atomic E-state index is 0.420. The SMILES string of the molecule is C=C1C=Cc2c(cc(C)c(C)c2O)C1. The maximum atomic E-state index is 9.93. The zero-order valence-corrected chi connectivity index (χ0v) is 8.59. The smallest absolute Gasteiger partial charge is 0.126 e. The monoisotopic (exact) mass is 186 g/mol. The molecule has 1 N–H and O–H groups in total. The number of allylic oxidation sites excluding steroid dienone is 2. The van der Waals surface area contributed by atoms with Crippen LogP contribution < -0.4 is 0 Å². The van der Waals surface area contributed by atoms with Crippen molar-refractivity contribution in [3.8, 4) is 5.75 Å². The second-order valence-electron chi connectivity index (χ2n) is 3.91. The predicted molar refractivity (Wildman–Crippen MR) is 59.5 cm³/mol. The van der Waals surface area contributed by atoms with Crippen LogP contribution in [-0.2, 0) is 6.42 Å². The number of hydrogen-bond acceptors (Lipinski definition) is 1. The number of aromatic hydroxyl groups is 1. The fraction of sp³-hybridized carbons (Fsp3) is 0.231. The Hall–Kier alpha value is -1.50. The molecule has 2 rings (SSSR count). The van der Waals surface area contributed by atoms with Gasteiger partial charge >= 0.3 is 0 Å². The molecule has 1 nitrogen and oxygen atoms in total. The van der Waals surface area contributed by atoms with Gasteiger partial charge in [-0.05, 0) is 37.0 Å². The average Bonchev–Trinajstić information content (AvgIpc) is 2.14. The molecule has 0 radical (unpaired) electrons. The first-order valence-corrected chi connectivity index (χ1v) is 4.77. The summed E-state index contributed by atoms with van der Waals surface area (Å²) in [5.41, 5.74) is 5.35. The number of fused-ring (bicyclic) bond motifs is 1. The molecule has 0 bridgehead atoms. The van der Waals surface area contributed by atoms with Crippen LogP contribution in [0.5, 0.6) is 5.75 Å². The van der Waals surface area contributed by atoms with Crippen LogP contribution in [0.15, 0.2) is 24.3 Å². The Morgan fingerprint density at radius 2 is 2.00 bits per heavy atom. The van der Waals surface area contributed by atoms with E-state index in [0.717, 1.165) is 28.7 Å². The van der Waals surface area contributed by atoms with Gasteiger partial charge in [-0.25, -0.2) is 0 Å². The Kier molecular flexibility index (Phi) is 1.95. The highest BCUT2D eigenvalue weighted by Gasteiger charge is 2.13. The van der Waals surface area contributed by atoms with Gasteiger partial charge in [-0.1, -0.05) is 30.4 Å². The first-order chi connectivity index (χ1) is 6.59. The molecule has 72 valence electrons. The number of benzene rings is 1. The van der Waals surface area contributed by atoms with E-state index in [1.807, 2.05) is 26.0 Å². The van der Waals surface area contributed by atoms with Crippen LogP contribution in [0.1, 0.15) is 22.3 Å². The van der Waals surface area contributed by atoms with Crippen molar-refractivity contribution in [1.82, 2.24) is 0 Å². The molecule has 1 aliphatic carbocycles. The molecule has 0 aliphatic heterocycles. The van der Waals surface area contributed by atoms with Gasteiger partial charge in [-0.15, -0.1) is 0 Å². The fourth-order valence-corrected chi connectivity index (χ4v) is 1.83. The summed E-state index contributed by atoms with van der Waals surface area (Å²) in [7, 11) is 0. The van der Waals surface area contributed by atoms with Crippen molar-refractivity contribution in [2.75, 3.05) is 0 Å². The van der Waals surface area contributed by atoms with Crippen molar-refractivity contribution in [2.45, 2.75) is 20.3 Å². The van der Waals surface area contributed by atoms with E-state index in [-0.39, 0.29) is 0 Å². The third kappa shape index (κ3) is 1.25. The van der Waals surface area contributed by atoms with Crippen LogP contribution in [0.25, 0.3) is 6.08 Å². The van der Waals surface area contributed by atoms with E-state index >= 15 is 0 Å². The fourth-order valence-electron chi connectivity index (χ4n) is 1.83. The van der Waals surface area contributed by atoms with Gasteiger partial charge in [0.05, 0.1) is 0 Å². The Bertz CT molecular complexity index is 439. The zero-order valence-electron chi connectivity index (χ0n) is 8.59. The summed E-state index contributed by atoms with van der Waals surface area (Å²) in [4.78, 5) is 0. The van der Waals surface area contributed by atoms with Gasteiger partial charge in [0.2, 0.25) is 0 Å². The number of phenolic OH excluding ortho intramolecular Hbond substituents is 1. The predicted octanol–water partition coefficient (Wildman–Crippen LogP) is 3.13. The highest BCUT2D eigenvalue weighted by Crippen LogP contribution is 2.33. The first kappa shape index (κ1) is 9.07. The minimum Gasteiger partial charge on any atom is -0.507 e. The average molecular weight is 186 g/mol. The summed E-state index contributed by atoms with van der Waals surface area (Å²) in [5.74, 6) is 0.420. The Morgan fingerprint density at radius 1 is 1.29 bits per heavy atom. The van der Waals surface area contributed by atoms with Crippen molar-refractivity contribution in [3.05, 3.63) is 46.5 Å². The molecule has 1 aromatic carbocycles. The molecule has 0 fully saturated rings. The molecule has 0 spiro atoms. The molecule has 0 atom stereocenters. The maximum absolute atomic E-state index is 9.93. The van der Waals surface area contributed by atoms with E-state index in [4.69, 9.17) is 0 Å². The van der Waals surface area contributed by atoms with Crippen LogP contribution in [0.2, 0.25) is 0 Å². The van der Waals surface area contributed by atoms with Crippen molar-refractivity contribution >= 4 is 6.08 Å². The summed E-state index contributed by atoms with van der Waals surface area (Å²) >= 11 is 0. The van der Waals surface area contributed by atoms with Gasteiger partial charge in [0.25, 0.3) is 0 Å². The Balaban J connectivity index is 2.69. The molecular formula is C13H14O. The molecular weight excluding hydrogens is 172 g/mol. The Labute approximate surface area is 84.4 Å². The molecule has 0 unspecified atom stereocenters. The largest absolute Gasteiger partial charge is 0.507 e. The van der Waals surface area contributed by atoms with E-state index in [1.165, 1.54) is 5.56 Å². The van der Waals surface area contributed by atoms with Crippen LogP contribution in [-0.4, -0.2) is 5.11 Å². The summed E-state index contributed by atoms with van der Waals surface area (Å²) in [6.07, 6.45) is 4.76. The van der Waals surface area contributed by atoms with E-state index in [2.05, 4.69) is 12.6 Å². The Morgan fingerprint density at radius 3 is 2.71 bits per heavy atom. The molecule has 14 heavy (non-hydrogen) atoms. The second kappa shape index (κ2) is 3.02. The lowest BCUT2D eigenvalue weighted by Crippen LogP contribution is -1.99. The van der Waals surface area contributed by atoms with Gasteiger partial charge in [-0.3, -0.25) is 0 Å². The summed E-state index contributed by atoms with van der Waals surface area (Å²) in [6, 6.07) is 2.14. The van der Waals surface area contributed by atoms with Crippen molar-refractivity contribution < 1.29 is 5.11 Å². The lowest BCUT2D eigenvalue weighted by Gasteiger charge is -2.16. The van der Waals surface area contributed by atoms with Gasteiger partial charge in [0, 0.05) is 5.56 Å². The van der Waals surface area contributed by atoms with E-state index < -0.39 is 0 Å². The molecule has 1 heteroatoms. The van der Waals surface area contributed by atoms with Gasteiger partial charge in [0.1, 0.15) is 5.75 Å². The van der Waals surface area contributed by atoms with Crippen LogP contribution >= 0.6 is 0 Å². The molecule has 0 heterocycles. The third-order valence-corrected chi connectivity index (χ3v) is 2.84. The molecule has 0 aromatic heterocycles. The molecule has 0 amide bonds. The summed E-state index contributed by atoms with van der Waals surface area (Å²) in [6.45, 7) is 7.90. The van der Waals surface area contributed by atoms with E-state index in [0.29, 0.717) is 5.75 Å². The molecule has 0 saturated heterocycles. The molecule has 1 aromatic rings. The number of hydrogen-bond donors (Lipinski definition) is 1. The summed E-state index contributed by atoms with van der Waals surface area (Å²) in [5, 5.41) is 9.93. The molecule has 1 aliphatic rings. The maximum Gasteiger partial charge on any atom is 0.126 e. The number of phenols is 1. The molecule has 0 saturated carbocycles. The standard InChI is InChI=1S/C13H14O/c1-8-4-5-12-11(6-8)7-9(2)10(3)13(12)14/h4-5,7,14H,1,6H2,2-3H3. The zero-order chi connectivity index (χ0) is 10.3. The highest BCUT2D eigenvalue weighted by atomic mass is 16.3.